The zero-order valence-electron chi connectivity index (χ0n) is 12.2. The van der Waals surface area contributed by atoms with Gasteiger partial charge in [0.2, 0.25) is 10.0 Å². The third-order valence-corrected chi connectivity index (χ3v) is 5.01. The molecule has 0 spiro atoms. The average molecular weight is 326 g/mol. The second kappa shape index (κ2) is 5.42. The summed E-state index contributed by atoms with van der Waals surface area (Å²) in [6, 6.07) is 3.93. The first kappa shape index (κ1) is 15.1. The van der Waals surface area contributed by atoms with E-state index >= 15 is 0 Å². The molecule has 0 amide bonds. The van der Waals surface area contributed by atoms with Crippen molar-refractivity contribution in [3.8, 4) is 5.75 Å². The highest BCUT2D eigenvalue weighted by atomic mass is 32.2. The van der Waals surface area contributed by atoms with Crippen LogP contribution in [-0.4, -0.2) is 25.7 Å². The fourth-order valence-electron chi connectivity index (χ4n) is 3.50. The molecule has 1 aromatic rings. The molecule has 120 valence electrons. The first-order valence-electron chi connectivity index (χ1n) is 7.25. The summed E-state index contributed by atoms with van der Waals surface area (Å²) in [6.45, 7) is 0. The van der Waals surface area contributed by atoms with Gasteiger partial charge in [-0.3, -0.25) is 14.8 Å². The standard InChI is InChI=1S/C14H18N2O5S/c1-22(19,20)15-12-5-4-11(16(17)18)8-14(12)21-13-7-9-2-3-10(13)6-9/h4-5,8-10,13,15H,2-3,6-7H2,1H3/t9-,10+,13+/m0/s1. The van der Waals surface area contributed by atoms with Gasteiger partial charge in [0.15, 0.2) is 5.75 Å². The highest BCUT2D eigenvalue weighted by Gasteiger charge is 2.41. The SMILES string of the molecule is CS(=O)(=O)Nc1ccc([N+](=O)[O-])cc1O[C@@H]1C[C@H]2CC[C@@H]1C2. The minimum atomic E-state index is -3.48. The van der Waals surface area contributed by atoms with E-state index in [-0.39, 0.29) is 23.2 Å². The number of hydrogen-bond acceptors (Lipinski definition) is 5. The summed E-state index contributed by atoms with van der Waals surface area (Å²) < 4.78 is 31.2. The number of fused-ring (bicyclic) bond motifs is 2. The zero-order chi connectivity index (χ0) is 15.9. The van der Waals surface area contributed by atoms with E-state index in [9.17, 15) is 18.5 Å². The van der Waals surface area contributed by atoms with Crippen LogP contribution in [0.4, 0.5) is 11.4 Å². The van der Waals surface area contributed by atoms with Gasteiger partial charge in [0.1, 0.15) is 6.10 Å². The van der Waals surface area contributed by atoms with Crippen molar-refractivity contribution < 1.29 is 18.1 Å². The van der Waals surface area contributed by atoms with Gasteiger partial charge in [-0.25, -0.2) is 8.42 Å². The van der Waals surface area contributed by atoms with Gasteiger partial charge >= 0.3 is 0 Å². The van der Waals surface area contributed by atoms with Crippen molar-refractivity contribution in [1.82, 2.24) is 0 Å². The molecule has 3 atom stereocenters. The molecule has 7 nitrogen and oxygen atoms in total. The highest BCUT2D eigenvalue weighted by molar-refractivity contribution is 7.92. The van der Waals surface area contributed by atoms with Crippen molar-refractivity contribution in [1.29, 1.82) is 0 Å². The van der Waals surface area contributed by atoms with E-state index in [1.54, 1.807) is 0 Å². The summed E-state index contributed by atoms with van der Waals surface area (Å²) in [5.41, 5.74) is 0.132. The van der Waals surface area contributed by atoms with E-state index < -0.39 is 14.9 Å². The largest absolute Gasteiger partial charge is 0.488 e. The Balaban J connectivity index is 1.88. The molecule has 8 heteroatoms. The van der Waals surface area contributed by atoms with Crippen LogP contribution in [-0.2, 0) is 10.0 Å². The maximum Gasteiger partial charge on any atom is 0.273 e. The summed E-state index contributed by atoms with van der Waals surface area (Å²) in [5.74, 6) is 1.37. The number of ether oxygens (including phenoxy) is 1. The molecule has 0 radical (unpaired) electrons. The van der Waals surface area contributed by atoms with Gasteiger partial charge in [-0.2, -0.15) is 0 Å². The minimum absolute atomic E-state index is 0.0147. The molecule has 2 aliphatic rings. The van der Waals surface area contributed by atoms with Crippen LogP contribution in [0.5, 0.6) is 5.75 Å². The van der Waals surface area contributed by atoms with E-state index in [1.165, 1.54) is 24.6 Å². The highest BCUT2D eigenvalue weighted by Crippen LogP contribution is 2.47. The summed E-state index contributed by atoms with van der Waals surface area (Å²) in [5, 5.41) is 10.9. The third-order valence-electron chi connectivity index (χ3n) is 4.42. The molecule has 0 aromatic heterocycles. The first-order valence-corrected chi connectivity index (χ1v) is 9.14. The molecule has 1 N–H and O–H groups in total. The van der Waals surface area contributed by atoms with Crippen LogP contribution in [0.2, 0.25) is 0 Å². The summed E-state index contributed by atoms with van der Waals surface area (Å²) in [7, 11) is -3.48. The van der Waals surface area contributed by atoms with Gasteiger partial charge in [-0.05, 0) is 43.6 Å². The molecule has 22 heavy (non-hydrogen) atoms. The molecular weight excluding hydrogens is 308 g/mol. The maximum absolute atomic E-state index is 11.4. The van der Waals surface area contributed by atoms with Crippen molar-refractivity contribution in [2.45, 2.75) is 31.8 Å². The van der Waals surface area contributed by atoms with E-state index in [2.05, 4.69) is 4.72 Å². The molecule has 2 aliphatic carbocycles. The van der Waals surface area contributed by atoms with E-state index in [0.717, 1.165) is 25.5 Å². The Hall–Kier alpha value is -1.83. The maximum atomic E-state index is 11.4. The van der Waals surface area contributed by atoms with Crippen molar-refractivity contribution in [2.75, 3.05) is 11.0 Å². The number of nitrogens with zero attached hydrogens (tertiary/aromatic N) is 1. The molecule has 0 aliphatic heterocycles. The second-order valence-electron chi connectivity index (χ2n) is 6.14. The van der Waals surface area contributed by atoms with Crippen LogP contribution in [0.1, 0.15) is 25.7 Å². The molecule has 1 aromatic carbocycles. The molecule has 0 saturated heterocycles. The summed E-state index contributed by atoms with van der Waals surface area (Å²) in [4.78, 5) is 10.4. The van der Waals surface area contributed by atoms with Gasteiger partial charge < -0.3 is 4.74 Å². The molecule has 2 bridgehead atoms. The summed E-state index contributed by atoms with van der Waals surface area (Å²) in [6.07, 6.45) is 5.45. The first-order chi connectivity index (χ1) is 10.3. The lowest BCUT2D eigenvalue weighted by Crippen LogP contribution is -2.24. The number of nitro benzene ring substituents is 1. The van der Waals surface area contributed by atoms with E-state index in [0.29, 0.717) is 11.8 Å². The fraction of sp³-hybridized carbons (Fsp3) is 0.571. The normalized spacial score (nSPS) is 26.9. The Morgan fingerprint density at radius 2 is 2.09 bits per heavy atom. The average Bonchev–Trinajstić information content (AvgIpc) is 3.01. The number of hydrogen-bond donors (Lipinski definition) is 1. The number of sulfonamides is 1. The number of rotatable bonds is 5. The van der Waals surface area contributed by atoms with Crippen LogP contribution in [0.15, 0.2) is 18.2 Å². The van der Waals surface area contributed by atoms with Crippen LogP contribution in [0.25, 0.3) is 0 Å². The number of nitrogens with one attached hydrogen (secondary N) is 1. The Labute approximate surface area is 128 Å². The molecule has 3 rings (SSSR count). The third kappa shape index (κ3) is 3.16. The van der Waals surface area contributed by atoms with Gasteiger partial charge in [0.25, 0.3) is 5.69 Å². The Morgan fingerprint density at radius 1 is 1.32 bits per heavy atom. The summed E-state index contributed by atoms with van der Waals surface area (Å²) >= 11 is 0. The topological polar surface area (TPSA) is 98.5 Å². The monoisotopic (exact) mass is 326 g/mol. The van der Waals surface area contributed by atoms with Crippen molar-refractivity contribution in [3.63, 3.8) is 0 Å². The number of anilines is 1. The number of non-ortho nitro benzene ring substituents is 1. The molecule has 0 unspecified atom stereocenters. The Bertz CT molecular complexity index is 703. The predicted octanol–water partition coefficient (Wildman–Crippen LogP) is 2.53. The van der Waals surface area contributed by atoms with E-state index in [1.807, 2.05) is 0 Å². The molecule has 2 fully saturated rings. The number of benzene rings is 1. The zero-order valence-corrected chi connectivity index (χ0v) is 13.0. The van der Waals surface area contributed by atoms with Crippen LogP contribution in [0, 0.1) is 22.0 Å². The van der Waals surface area contributed by atoms with Crippen molar-refractivity contribution in [2.24, 2.45) is 11.8 Å². The Kier molecular flexibility index (Phi) is 3.72. The van der Waals surface area contributed by atoms with Crippen molar-refractivity contribution in [3.05, 3.63) is 28.3 Å². The molecule has 2 saturated carbocycles. The van der Waals surface area contributed by atoms with Gasteiger partial charge in [-0.15, -0.1) is 0 Å². The van der Waals surface area contributed by atoms with Crippen molar-refractivity contribution >= 4 is 21.4 Å². The second-order valence-corrected chi connectivity index (χ2v) is 7.89. The number of nitro groups is 1. The van der Waals surface area contributed by atoms with Crippen LogP contribution >= 0.6 is 0 Å². The van der Waals surface area contributed by atoms with Gasteiger partial charge in [0, 0.05) is 6.07 Å². The molecule has 0 heterocycles. The van der Waals surface area contributed by atoms with E-state index in [4.69, 9.17) is 4.74 Å². The lowest BCUT2D eigenvalue weighted by Gasteiger charge is -2.24. The van der Waals surface area contributed by atoms with Crippen LogP contribution < -0.4 is 9.46 Å². The Morgan fingerprint density at radius 3 is 2.64 bits per heavy atom. The van der Waals surface area contributed by atoms with Gasteiger partial charge in [0.05, 0.1) is 22.9 Å². The molecular formula is C14H18N2O5S. The quantitative estimate of drug-likeness (QED) is 0.662. The van der Waals surface area contributed by atoms with Gasteiger partial charge in [-0.1, -0.05) is 0 Å². The van der Waals surface area contributed by atoms with Crippen LogP contribution in [0.3, 0.4) is 0 Å². The lowest BCUT2D eigenvalue weighted by molar-refractivity contribution is -0.384. The predicted molar refractivity (Wildman–Crippen MR) is 81.4 cm³/mol. The lowest BCUT2D eigenvalue weighted by atomic mass is 9.98. The smallest absolute Gasteiger partial charge is 0.273 e. The minimum Gasteiger partial charge on any atom is -0.488 e. The fourth-order valence-corrected chi connectivity index (χ4v) is 4.07.